The second-order valence-corrected chi connectivity index (χ2v) is 9.54. The van der Waals surface area contributed by atoms with E-state index in [1.165, 1.54) is 20.0 Å². The average molecular weight is 407 g/mol. The second kappa shape index (κ2) is 7.73. The van der Waals surface area contributed by atoms with E-state index in [0.29, 0.717) is 17.9 Å². The van der Waals surface area contributed by atoms with Gasteiger partial charge in [-0.2, -0.15) is 0 Å². The molecular formula is C26H30O4. The zero-order valence-corrected chi connectivity index (χ0v) is 17.6. The van der Waals surface area contributed by atoms with Crippen molar-refractivity contribution in [3.63, 3.8) is 0 Å². The lowest BCUT2D eigenvalue weighted by Crippen LogP contribution is -2.26. The molecule has 2 unspecified atom stereocenters. The minimum atomic E-state index is -0.0208. The fraction of sp³-hybridized carbons (Fsp3) is 0.500. The molecule has 2 bridgehead atoms. The number of fused-ring (bicyclic) bond motifs is 2. The first-order valence-electron chi connectivity index (χ1n) is 11.1. The lowest BCUT2D eigenvalue weighted by atomic mass is 9.79. The molecule has 0 N–H and O–H groups in total. The van der Waals surface area contributed by atoms with E-state index in [9.17, 15) is 4.79 Å². The first-order valence-corrected chi connectivity index (χ1v) is 11.1. The van der Waals surface area contributed by atoms with Crippen molar-refractivity contribution >= 4 is 5.97 Å². The standard InChI is InChI=1S/C26H30O4/c1-28-24(27)23-15-20(23)16-25-10-12-26(18-25,13-11-25)29-17-19-6-5-9-22(14-19)30-21-7-3-2-4-8-21/h2-9,14,20,23H,10-13,15-18H2,1H3. The maximum absolute atomic E-state index is 11.8. The van der Waals surface area contributed by atoms with Crippen LogP contribution in [0.5, 0.6) is 11.5 Å². The highest BCUT2D eigenvalue weighted by Crippen LogP contribution is 2.63. The Labute approximate surface area is 178 Å². The van der Waals surface area contributed by atoms with Crippen LogP contribution in [-0.4, -0.2) is 18.7 Å². The fourth-order valence-electron chi connectivity index (χ4n) is 5.77. The molecule has 0 radical (unpaired) electrons. The molecule has 3 saturated carbocycles. The third kappa shape index (κ3) is 3.98. The Morgan fingerprint density at radius 3 is 2.53 bits per heavy atom. The molecule has 3 aliphatic rings. The summed E-state index contributed by atoms with van der Waals surface area (Å²) in [6.45, 7) is 0.621. The topological polar surface area (TPSA) is 44.8 Å². The zero-order chi connectivity index (χ0) is 20.6. The van der Waals surface area contributed by atoms with Crippen molar-refractivity contribution in [2.24, 2.45) is 17.3 Å². The monoisotopic (exact) mass is 406 g/mol. The summed E-state index contributed by atoms with van der Waals surface area (Å²) in [6, 6.07) is 18.1. The van der Waals surface area contributed by atoms with Gasteiger partial charge in [-0.1, -0.05) is 30.3 Å². The van der Waals surface area contributed by atoms with E-state index in [0.717, 1.165) is 49.2 Å². The number of carbonyl (C=O) groups excluding carboxylic acids is 1. The number of carbonyl (C=O) groups is 1. The Morgan fingerprint density at radius 2 is 1.77 bits per heavy atom. The summed E-state index contributed by atoms with van der Waals surface area (Å²) in [5.41, 5.74) is 1.55. The Balaban J connectivity index is 1.17. The number of ether oxygens (including phenoxy) is 3. The highest BCUT2D eigenvalue weighted by Gasteiger charge is 2.58. The summed E-state index contributed by atoms with van der Waals surface area (Å²) in [6.07, 6.45) is 8.06. The van der Waals surface area contributed by atoms with Gasteiger partial charge in [0.2, 0.25) is 0 Å². The number of benzene rings is 2. The van der Waals surface area contributed by atoms with E-state index >= 15 is 0 Å². The van der Waals surface area contributed by atoms with Crippen LogP contribution in [-0.2, 0) is 20.9 Å². The maximum atomic E-state index is 11.8. The van der Waals surface area contributed by atoms with Gasteiger partial charge in [0, 0.05) is 0 Å². The van der Waals surface area contributed by atoms with Crippen LogP contribution in [0.15, 0.2) is 54.6 Å². The lowest BCUT2D eigenvalue weighted by Gasteiger charge is -2.28. The van der Waals surface area contributed by atoms with E-state index in [-0.39, 0.29) is 17.5 Å². The minimum absolute atomic E-state index is 0.0198. The highest BCUT2D eigenvalue weighted by atomic mass is 16.5. The molecule has 0 saturated heterocycles. The van der Waals surface area contributed by atoms with Crippen molar-refractivity contribution in [3.05, 3.63) is 60.2 Å². The number of para-hydroxylation sites is 1. The van der Waals surface area contributed by atoms with E-state index in [1.807, 2.05) is 42.5 Å². The summed E-state index contributed by atoms with van der Waals surface area (Å²) in [5, 5.41) is 0. The molecule has 4 heteroatoms. The fourth-order valence-corrected chi connectivity index (χ4v) is 5.77. The number of esters is 1. The van der Waals surface area contributed by atoms with Gasteiger partial charge in [0.15, 0.2) is 0 Å². The first kappa shape index (κ1) is 19.6. The van der Waals surface area contributed by atoms with Crippen LogP contribution in [0, 0.1) is 17.3 Å². The molecule has 0 aromatic heterocycles. The lowest BCUT2D eigenvalue weighted by molar-refractivity contribution is -0.142. The Morgan fingerprint density at radius 1 is 1.00 bits per heavy atom. The van der Waals surface area contributed by atoms with Crippen LogP contribution in [0.25, 0.3) is 0 Å². The predicted molar refractivity (Wildman–Crippen MR) is 114 cm³/mol. The summed E-state index contributed by atoms with van der Waals surface area (Å²) in [7, 11) is 1.50. The SMILES string of the molecule is COC(=O)C1CC1CC12CCC(OCc3cccc(Oc4ccccc4)c3)(CC1)C2. The minimum Gasteiger partial charge on any atom is -0.469 e. The van der Waals surface area contributed by atoms with E-state index in [2.05, 4.69) is 12.1 Å². The molecule has 0 amide bonds. The summed E-state index contributed by atoms with van der Waals surface area (Å²) in [4.78, 5) is 11.8. The average Bonchev–Trinajstić information content (AvgIpc) is 3.31. The van der Waals surface area contributed by atoms with Gasteiger partial charge < -0.3 is 14.2 Å². The molecule has 3 fully saturated rings. The zero-order valence-electron chi connectivity index (χ0n) is 17.6. The summed E-state index contributed by atoms with van der Waals surface area (Å²) in [5.74, 6) is 2.34. The Kier molecular flexibility index (Phi) is 5.06. The van der Waals surface area contributed by atoms with Crippen LogP contribution in [0.1, 0.15) is 50.5 Å². The third-order valence-electron chi connectivity index (χ3n) is 7.46. The normalized spacial score (nSPS) is 31.5. The van der Waals surface area contributed by atoms with Crippen LogP contribution >= 0.6 is 0 Å². The molecule has 0 heterocycles. The molecule has 5 rings (SSSR count). The molecule has 3 aliphatic carbocycles. The van der Waals surface area contributed by atoms with E-state index in [1.54, 1.807) is 0 Å². The van der Waals surface area contributed by atoms with Crippen LogP contribution < -0.4 is 4.74 Å². The van der Waals surface area contributed by atoms with Crippen molar-refractivity contribution in [1.29, 1.82) is 0 Å². The van der Waals surface area contributed by atoms with Gasteiger partial charge in [-0.15, -0.1) is 0 Å². The predicted octanol–water partition coefficient (Wildman–Crippen LogP) is 5.90. The smallest absolute Gasteiger partial charge is 0.308 e. The van der Waals surface area contributed by atoms with Gasteiger partial charge in [0.1, 0.15) is 11.5 Å². The molecular weight excluding hydrogens is 376 g/mol. The number of hydrogen-bond acceptors (Lipinski definition) is 4. The molecule has 2 aromatic rings. The molecule has 4 nitrogen and oxygen atoms in total. The number of rotatable bonds is 8. The van der Waals surface area contributed by atoms with Gasteiger partial charge in [-0.3, -0.25) is 4.79 Å². The Hall–Kier alpha value is -2.33. The number of hydrogen-bond donors (Lipinski definition) is 0. The van der Waals surface area contributed by atoms with Crippen molar-refractivity contribution in [1.82, 2.24) is 0 Å². The molecule has 30 heavy (non-hydrogen) atoms. The third-order valence-corrected chi connectivity index (χ3v) is 7.46. The second-order valence-electron chi connectivity index (χ2n) is 9.54. The van der Waals surface area contributed by atoms with Crippen LogP contribution in [0.4, 0.5) is 0 Å². The van der Waals surface area contributed by atoms with Crippen LogP contribution in [0.2, 0.25) is 0 Å². The van der Waals surface area contributed by atoms with Crippen molar-refractivity contribution in [2.45, 2.75) is 57.2 Å². The molecule has 158 valence electrons. The van der Waals surface area contributed by atoms with Gasteiger partial charge in [0.25, 0.3) is 0 Å². The van der Waals surface area contributed by atoms with E-state index < -0.39 is 0 Å². The highest BCUT2D eigenvalue weighted by molar-refractivity contribution is 5.75. The molecule has 0 spiro atoms. The van der Waals surface area contributed by atoms with Crippen molar-refractivity contribution in [3.8, 4) is 11.5 Å². The van der Waals surface area contributed by atoms with Gasteiger partial charge in [-0.05, 0) is 86.1 Å². The van der Waals surface area contributed by atoms with Gasteiger partial charge in [0.05, 0.1) is 25.2 Å². The molecule has 2 atom stereocenters. The summed E-state index contributed by atoms with van der Waals surface area (Å²) >= 11 is 0. The van der Waals surface area contributed by atoms with Gasteiger partial charge in [-0.25, -0.2) is 0 Å². The van der Waals surface area contributed by atoms with Crippen molar-refractivity contribution < 1.29 is 19.0 Å². The maximum Gasteiger partial charge on any atom is 0.308 e. The quantitative estimate of drug-likeness (QED) is 0.512. The number of methoxy groups -OCH3 is 1. The van der Waals surface area contributed by atoms with Gasteiger partial charge >= 0.3 is 5.97 Å². The van der Waals surface area contributed by atoms with Crippen LogP contribution in [0.3, 0.4) is 0 Å². The van der Waals surface area contributed by atoms with E-state index in [4.69, 9.17) is 14.2 Å². The molecule has 0 aliphatic heterocycles. The Bertz CT molecular complexity index is 898. The first-order chi connectivity index (χ1) is 14.6. The van der Waals surface area contributed by atoms with Crippen molar-refractivity contribution in [2.75, 3.05) is 7.11 Å². The largest absolute Gasteiger partial charge is 0.469 e. The molecule has 2 aromatic carbocycles. The summed E-state index contributed by atoms with van der Waals surface area (Å²) < 4.78 is 17.4.